The van der Waals surface area contributed by atoms with Gasteiger partial charge in [0.2, 0.25) is 0 Å². The second-order valence-electron chi connectivity index (χ2n) is 5.20. The molecule has 1 heterocycles. The molecule has 2 saturated carbocycles. The van der Waals surface area contributed by atoms with Gasteiger partial charge in [-0.05, 0) is 24.7 Å². The minimum Gasteiger partial charge on any atom is -0.373 e. The molecule has 0 N–H and O–H groups in total. The van der Waals surface area contributed by atoms with Crippen LogP contribution in [0, 0.1) is 17.3 Å². The molecule has 0 aromatic carbocycles. The third-order valence-electron chi connectivity index (χ3n) is 4.49. The minimum atomic E-state index is 0.00926. The van der Waals surface area contributed by atoms with Crippen LogP contribution >= 0.6 is 0 Å². The normalized spacial score (nSPS) is 54.2. The van der Waals surface area contributed by atoms with Crippen LogP contribution in [0.2, 0.25) is 5.54 Å². The molecule has 0 aromatic rings. The Morgan fingerprint density at radius 2 is 2.31 bits per heavy atom. The SMILES string of the molecule is O=C1COCC12CC1CC([SiH3])C2C1. The van der Waals surface area contributed by atoms with Crippen molar-refractivity contribution in [2.24, 2.45) is 17.3 Å². The van der Waals surface area contributed by atoms with Crippen LogP contribution < -0.4 is 0 Å². The Hall–Kier alpha value is -0.153. The molecule has 3 aliphatic rings. The number of ketones is 1. The molecule has 2 bridgehead atoms. The number of hydrogen-bond donors (Lipinski definition) is 0. The molecule has 72 valence electrons. The molecular formula is C10H16O2Si. The smallest absolute Gasteiger partial charge is 0.167 e. The summed E-state index contributed by atoms with van der Waals surface area (Å²) in [7, 11) is 1.27. The van der Waals surface area contributed by atoms with E-state index in [0.29, 0.717) is 18.3 Å². The Balaban J connectivity index is 1.97. The van der Waals surface area contributed by atoms with Crippen LogP contribution in [0.1, 0.15) is 19.3 Å². The van der Waals surface area contributed by atoms with E-state index >= 15 is 0 Å². The van der Waals surface area contributed by atoms with Gasteiger partial charge in [-0.15, -0.1) is 0 Å². The Kier molecular flexibility index (Phi) is 1.54. The molecule has 1 aliphatic heterocycles. The van der Waals surface area contributed by atoms with Gasteiger partial charge in [-0.25, -0.2) is 0 Å². The number of carbonyl (C=O) groups excluding carboxylic acids is 1. The highest BCUT2D eigenvalue weighted by Gasteiger charge is 2.59. The van der Waals surface area contributed by atoms with E-state index in [-0.39, 0.29) is 5.41 Å². The molecule has 3 fully saturated rings. The van der Waals surface area contributed by atoms with Crippen LogP contribution in [0.5, 0.6) is 0 Å². The second-order valence-corrected chi connectivity index (χ2v) is 6.68. The third-order valence-corrected chi connectivity index (χ3v) is 5.77. The van der Waals surface area contributed by atoms with Gasteiger partial charge in [-0.1, -0.05) is 12.0 Å². The van der Waals surface area contributed by atoms with Crippen molar-refractivity contribution >= 4 is 16.0 Å². The van der Waals surface area contributed by atoms with Gasteiger partial charge in [0, 0.05) is 10.2 Å². The molecule has 1 spiro atoms. The highest BCUT2D eigenvalue weighted by atomic mass is 28.1. The number of hydrogen-bond acceptors (Lipinski definition) is 2. The third kappa shape index (κ3) is 0.894. The van der Waals surface area contributed by atoms with Gasteiger partial charge in [0.05, 0.1) is 12.0 Å². The van der Waals surface area contributed by atoms with E-state index < -0.39 is 0 Å². The molecule has 0 amide bonds. The van der Waals surface area contributed by atoms with E-state index in [4.69, 9.17) is 4.74 Å². The van der Waals surface area contributed by atoms with E-state index in [0.717, 1.165) is 24.5 Å². The van der Waals surface area contributed by atoms with Gasteiger partial charge in [-0.3, -0.25) is 4.79 Å². The molecule has 13 heavy (non-hydrogen) atoms. The molecule has 0 radical (unpaired) electrons. The molecule has 3 heteroatoms. The minimum absolute atomic E-state index is 0.00926. The number of carbonyl (C=O) groups is 1. The van der Waals surface area contributed by atoms with Crippen LogP contribution in [-0.2, 0) is 9.53 Å². The Bertz CT molecular complexity index is 266. The van der Waals surface area contributed by atoms with E-state index in [1.54, 1.807) is 0 Å². The topological polar surface area (TPSA) is 26.3 Å². The maximum Gasteiger partial charge on any atom is 0.167 e. The van der Waals surface area contributed by atoms with Crippen molar-refractivity contribution in [2.75, 3.05) is 13.2 Å². The molecule has 4 atom stereocenters. The predicted octanol–water partition coefficient (Wildman–Crippen LogP) is 0.156. The van der Waals surface area contributed by atoms with Gasteiger partial charge in [0.1, 0.15) is 6.61 Å². The van der Waals surface area contributed by atoms with Crippen molar-refractivity contribution in [1.82, 2.24) is 0 Å². The summed E-state index contributed by atoms with van der Waals surface area (Å²) in [6.07, 6.45) is 3.88. The number of ether oxygens (including phenoxy) is 1. The lowest BCUT2D eigenvalue weighted by Gasteiger charge is -2.34. The summed E-state index contributed by atoms with van der Waals surface area (Å²) in [5.41, 5.74) is 0.902. The number of rotatable bonds is 0. The molecule has 4 unspecified atom stereocenters. The van der Waals surface area contributed by atoms with Crippen LogP contribution in [0.25, 0.3) is 0 Å². The molecule has 0 aromatic heterocycles. The lowest BCUT2D eigenvalue weighted by Crippen LogP contribution is -2.37. The first kappa shape index (κ1) is 8.18. The second kappa shape index (κ2) is 2.45. The number of Topliss-reactive ketones (excluding diaryl/α,β-unsaturated/α-hetero) is 1. The fourth-order valence-electron chi connectivity index (χ4n) is 4.02. The summed E-state index contributed by atoms with van der Waals surface area (Å²) in [5.74, 6) is 1.98. The first-order valence-electron chi connectivity index (χ1n) is 5.33. The largest absolute Gasteiger partial charge is 0.373 e. The molecule has 1 saturated heterocycles. The van der Waals surface area contributed by atoms with Crippen molar-refractivity contribution in [3.05, 3.63) is 0 Å². The lowest BCUT2D eigenvalue weighted by atomic mass is 9.71. The van der Waals surface area contributed by atoms with Crippen LogP contribution in [0.15, 0.2) is 0 Å². The van der Waals surface area contributed by atoms with Crippen LogP contribution in [0.3, 0.4) is 0 Å². The maximum atomic E-state index is 11.8. The van der Waals surface area contributed by atoms with Crippen molar-refractivity contribution in [2.45, 2.75) is 24.8 Å². The van der Waals surface area contributed by atoms with Crippen molar-refractivity contribution in [1.29, 1.82) is 0 Å². The molecule has 2 nitrogen and oxygen atoms in total. The van der Waals surface area contributed by atoms with Crippen LogP contribution in [0.4, 0.5) is 0 Å². The van der Waals surface area contributed by atoms with Crippen molar-refractivity contribution in [3.8, 4) is 0 Å². The standard InChI is InChI=1S/C10H16O2Si/c11-9-4-12-5-10(9)3-6-1-7(10)8(13)2-6/h6-8H,1-5H2,13H3. The molecule has 2 aliphatic carbocycles. The van der Waals surface area contributed by atoms with Gasteiger partial charge in [-0.2, -0.15) is 0 Å². The fraction of sp³-hybridized carbons (Fsp3) is 0.900. The maximum absolute atomic E-state index is 11.8. The summed E-state index contributed by atoms with van der Waals surface area (Å²) in [4.78, 5) is 11.8. The zero-order valence-corrected chi connectivity index (χ0v) is 10.1. The van der Waals surface area contributed by atoms with Crippen molar-refractivity contribution < 1.29 is 9.53 Å². The number of fused-ring (bicyclic) bond motifs is 3. The summed E-state index contributed by atoms with van der Waals surface area (Å²) in [5, 5.41) is 0. The van der Waals surface area contributed by atoms with E-state index in [1.807, 2.05) is 0 Å². The first-order valence-corrected chi connectivity index (χ1v) is 6.49. The summed E-state index contributed by atoms with van der Waals surface area (Å²) < 4.78 is 5.36. The van der Waals surface area contributed by atoms with Crippen LogP contribution in [-0.4, -0.2) is 29.2 Å². The van der Waals surface area contributed by atoms with Gasteiger partial charge in [0.25, 0.3) is 0 Å². The molecular weight excluding hydrogens is 180 g/mol. The van der Waals surface area contributed by atoms with E-state index in [2.05, 4.69) is 0 Å². The van der Waals surface area contributed by atoms with Gasteiger partial charge in [0.15, 0.2) is 5.78 Å². The zero-order valence-electron chi connectivity index (χ0n) is 8.08. The highest BCUT2D eigenvalue weighted by molar-refractivity contribution is 6.12. The zero-order chi connectivity index (χ0) is 9.05. The van der Waals surface area contributed by atoms with Gasteiger partial charge < -0.3 is 4.74 Å². The summed E-state index contributed by atoms with van der Waals surface area (Å²) >= 11 is 0. The summed E-state index contributed by atoms with van der Waals surface area (Å²) in [6, 6.07) is 0. The Labute approximate surface area is 81.5 Å². The quantitative estimate of drug-likeness (QED) is 0.516. The van der Waals surface area contributed by atoms with E-state index in [9.17, 15) is 4.79 Å². The van der Waals surface area contributed by atoms with Gasteiger partial charge >= 0.3 is 0 Å². The van der Waals surface area contributed by atoms with E-state index in [1.165, 1.54) is 23.1 Å². The Morgan fingerprint density at radius 3 is 2.85 bits per heavy atom. The van der Waals surface area contributed by atoms with Crippen molar-refractivity contribution in [3.63, 3.8) is 0 Å². The Morgan fingerprint density at radius 1 is 1.46 bits per heavy atom. The average molecular weight is 196 g/mol. The lowest BCUT2D eigenvalue weighted by molar-refractivity contribution is -0.126. The molecule has 3 rings (SSSR count). The first-order chi connectivity index (χ1) is 6.22. The fourth-order valence-corrected chi connectivity index (χ4v) is 5.59. The highest BCUT2D eigenvalue weighted by Crippen LogP contribution is 2.61. The average Bonchev–Trinajstić information content (AvgIpc) is 2.69. The summed E-state index contributed by atoms with van der Waals surface area (Å²) in [6.45, 7) is 1.14. The monoisotopic (exact) mass is 196 g/mol. The predicted molar refractivity (Wildman–Crippen MR) is 52.8 cm³/mol.